The smallest absolute Gasteiger partial charge is 0.271 e. The van der Waals surface area contributed by atoms with Crippen molar-refractivity contribution < 1.29 is 9.59 Å². The van der Waals surface area contributed by atoms with Crippen molar-refractivity contribution in [1.29, 1.82) is 0 Å². The molecule has 0 aliphatic heterocycles. The van der Waals surface area contributed by atoms with Crippen molar-refractivity contribution in [1.82, 2.24) is 5.43 Å². The first kappa shape index (κ1) is 25.6. The second kappa shape index (κ2) is 11.0. The van der Waals surface area contributed by atoms with Crippen molar-refractivity contribution in [3.05, 3.63) is 125 Å². The van der Waals surface area contributed by atoms with E-state index in [4.69, 9.17) is 0 Å². The molecule has 37 heavy (non-hydrogen) atoms. The van der Waals surface area contributed by atoms with Gasteiger partial charge in [-0.3, -0.25) is 9.59 Å². The Bertz CT molecular complexity index is 1400. The van der Waals surface area contributed by atoms with Gasteiger partial charge in [-0.25, -0.2) is 5.43 Å². The van der Waals surface area contributed by atoms with Gasteiger partial charge in [-0.1, -0.05) is 87.5 Å². The maximum Gasteiger partial charge on any atom is 0.271 e. The first-order valence-electron chi connectivity index (χ1n) is 12.2. The summed E-state index contributed by atoms with van der Waals surface area (Å²) in [6.45, 7) is 8.26. The van der Waals surface area contributed by atoms with E-state index in [0.717, 1.165) is 16.7 Å². The third kappa shape index (κ3) is 6.58. The summed E-state index contributed by atoms with van der Waals surface area (Å²) in [5, 5.41) is 7.13. The summed E-state index contributed by atoms with van der Waals surface area (Å²) in [6, 6.07) is 32.5. The molecule has 0 radical (unpaired) electrons. The van der Waals surface area contributed by atoms with Crippen LogP contribution >= 0.6 is 0 Å². The van der Waals surface area contributed by atoms with E-state index in [1.54, 1.807) is 24.3 Å². The fourth-order valence-corrected chi connectivity index (χ4v) is 3.83. The number of anilines is 1. The molecule has 0 saturated carbocycles. The molecule has 0 atom stereocenters. The average Bonchev–Trinajstić information content (AvgIpc) is 2.92. The number of rotatable bonds is 6. The van der Waals surface area contributed by atoms with Gasteiger partial charge in [0.1, 0.15) is 0 Å². The van der Waals surface area contributed by atoms with Gasteiger partial charge in [0.2, 0.25) is 0 Å². The molecular formula is C32H31N3O2. The average molecular weight is 490 g/mol. The van der Waals surface area contributed by atoms with Crippen LogP contribution in [-0.4, -0.2) is 17.5 Å². The monoisotopic (exact) mass is 489 g/mol. The minimum atomic E-state index is -0.323. The van der Waals surface area contributed by atoms with Gasteiger partial charge in [-0.15, -0.1) is 0 Å². The van der Waals surface area contributed by atoms with Crippen LogP contribution in [0.15, 0.2) is 108 Å². The fourth-order valence-electron chi connectivity index (χ4n) is 3.83. The minimum absolute atomic E-state index is 0.0288. The maximum atomic E-state index is 12.6. The van der Waals surface area contributed by atoms with Gasteiger partial charge >= 0.3 is 0 Å². The van der Waals surface area contributed by atoms with Gasteiger partial charge in [-0.05, 0) is 71.0 Å². The SMILES string of the molecule is C/C(=N\NC(=O)c1ccc(NC(=O)c2ccc(C(C)(C)C)cc2)cc1)c1ccc(-c2ccccc2)cc1. The summed E-state index contributed by atoms with van der Waals surface area (Å²) in [6.07, 6.45) is 0. The molecule has 0 heterocycles. The minimum Gasteiger partial charge on any atom is -0.322 e. The van der Waals surface area contributed by atoms with Gasteiger partial charge < -0.3 is 5.32 Å². The molecule has 0 aromatic heterocycles. The molecule has 0 bridgehead atoms. The highest BCUT2D eigenvalue weighted by Gasteiger charge is 2.14. The third-order valence-electron chi connectivity index (χ3n) is 6.15. The number of hydrogen-bond donors (Lipinski definition) is 2. The summed E-state index contributed by atoms with van der Waals surface area (Å²) in [5.41, 5.74) is 9.34. The molecule has 0 spiro atoms. The molecule has 5 nitrogen and oxygen atoms in total. The molecule has 4 aromatic carbocycles. The van der Waals surface area contributed by atoms with Crippen LogP contribution in [0, 0.1) is 0 Å². The normalized spacial score (nSPS) is 11.6. The Morgan fingerprint density at radius 1 is 0.622 bits per heavy atom. The van der Waals surface area contributed by atoms with Crippen molar-refractivity contribution in [2.24, 2.45) is 5.10 Å². The molecule has 186 valence electrons. The molecule has 0 saturated heterocycles. The van der Waals surface area contributed by atoms with Crippen molar-refractivity contribution in [2.45, 2.75) is 33.1 Å². The lowest BCUT2D eigenvalue weighted by molar-refractivity contribution is 0.0954. The predicted molar refractivity (Wildman–Crippen MR) is 151 cm³/mol. The summed E-state index contributed by atoms with van der Waals surface area (Å²) in [7, 11) is 0. The van der Waals surface area contributed by atoms with Gasteiger partial charge in [0, 0.05) is 16.8 Å². The molecule has 0 fully saturated rings. The molecule has 2 N–H and O–H groups in total. The number of carbonyl (C=O) groups is 2. The summed E-state index contributed by atoms with van der Waals surface area (Å²) in [5.74, 6) is -0.521. The first-order valence-corrected chi connectivity index (χ1v) is 12.2. The van der Waals surface area contributed by atoms with E-state index in [1.165, 1.54) is 5.56 Å². The van der Waals surface area contributed by atoms with Gasteiger partial charge in [-0.2, -0.15) is 5.10 Å². The van der Waals surface area contributed by atoms with Crippen LogP contribution in [0.3, 0.4) is 0 Å². The fraction of sp³-hybridized carbons (Fsp3) is 0.156. The van der Waals surface area contributed by atoms with Crippen LogP contribution in [0.2, 0.25) is 0 Å². The quantitative estimate of drug-likeness (QED) is 0.225. The Morgan fingerprint density at radius 2 is 1.14 bits per heavy atom. The van der Waals surface area contributed by atoms with Gasteiger partial charge in [0.25, 0.3) is 11.8 Å². The van der Waals surface area contributed by atoms with Crippen LogP contribution in [0.5, 0.6) is 0 Å². The second-order valence-corrected chi connectivity index (χ2v) is 9.94. The summed E-state index contributed by atoms with van der Waals surface area (Å²) >= 11 is 0. The van der Waals surface area contributed by atoms with Crippen LogP contribution < -0.4 is 10.7 Å². The number of nitrogens with one attached hydrogen (secondary N) is 2. The van der Waals surface area contributed by atoms with Gasteiger partial charge in [0.15, 0.2) is 0 Å². The highest BCUT2D eigenvalue weighted by Crippen LogP contribution is 2.23. The van der Waals surface area contributed by atoms with E-state index in [1.807, 2.05) is 73.7 Å². The lowest BCUT2D eigenvalue weighted by atomic mass is 9.87. The van der Waals surface area contributed by atoms with Crippen molar-refractivity contribution >= 4 is 23.2 Å². The van der Waals surface area contributed by atoms with Crippen molar-refractivity contribution in [3.8, 4) is 11.1 Å². The highest BCUT2D eigenvalue weighted by atomic mass is 16.2. The number of benzene rings is 4. The topological polar surface area (TPSA) is 70.6 Å². The molecule has 0 aliphatic carbocycles. The lowest BCUT2D eigenvalue weighted by Gasteiger charge is -2.19. The Hall–Kier alpha value is -4.51. The summed E-state index contributed by atoms with van der Waals surface area (Å²) < 4.78 is 0. The van der Waals surface area contributed by atoms with Crippen LogP contribution in [-0.2, 0) is 5.41 Å². The van der Waals surface area contributed by atoms with E-state index >= 15 is 0 Å². The van der Waals surface area contributed by atoms with E-state index in [0.29, 0.717) is 22.5 Å². The van der Waals surface area contributed by atoms with E-state index in [2.05, 4.69) is 48.7 Å². The Balaban J connectivity index is 1.34. The zero-order chi connectivity index (χ0) is 26.4. The summed E-state index contributed by atoms with van der Waals surface area (Å²) in [4.78, 5) is 25.2. The van der Waals surface area contributed by atoms with Crippen LogP contribution in [0.25, 0.3) is 11.1 Å². The number of carbonyl (C=O) groups excluding carboxylic acids is 2. The number of nitrogens with zero attached hydrogens (tertiary/aromatic N) is 1. The van der Waals surface area contributed by atoms with Gasteiger partial charge in [0.05, 0.1) is 5.71 Å². The Kier molecular flexibility index (Phi) is 7.63. The predicted octanol–water partition coefficient (Wildman–Crippen LogP) is 7.06. The molecule has 4 aromatic rings. The molecule has 2 amide bonds. The van der Waals surface area contributed by atoms with Crippen molar-refractivity contribution in [3.63, 3.8) is 0 Å². The van der Waals surface area contributed by atoms with Crippen LogP contribution in [0.4, 0.5) is 5.69 Å². The van der Waals surface area contributed by atoms with Crippen molar-refractivity contribution in [2.75, 3.05) is 5.32 Å². The third-order valence-corrected chi connectivity index (χ3v) is 6.15. The molecule has 5 heteroatoms. The Labute approximate surface area is 218 Å². The number of hydrazone groups is 1. The van der Waals surface area contributed by atoms with Crippen LogP contribution in [0.1, 0.15) is 59.5 Å². The maximum absolute atomic E-state index is 12.6. The largest absolute Gasteiger partial charge is 0.322 e. The highest BCUT2D eigenvalue weighted by molar-refractivity contribution is 6.05. The number of hydrogen-bond acceptors (Lipinski definition) is 3. The molecular weight excluding hydrogens is 458 g/mol. The first-order chi connectivity index (χ1) is 17.7. The van der Waals surface area contributed by atoms with E-state index in [9.17, 15) is 9.59 Å². The second-order valence-electron chi connectivity index (χ2n) is 9.94. The van der Waals surface area contributed by atoms with E-state index in [-0.39, 0.29) is 17.2 Å². The lowest BCUT2D eigenvalue weighted by Crippen LogP contribution is -2.19. The standard InChI is InChI=1S/C32H31N3O2/c1-22(23-10-12-25(13-11-23)24-8-6-5-7-9-24)34-35-31(37)27-16-20-29(21-17-27)33-30(36)26-14-18-28(19-15-26)32(2,3)4/h5-21H,1-4H3,(H,33,36)(H,35,37)/b34-22+. The molecule has 4 rings (SSSR count). The zero-order valence-corrected chi connectivity index (χ0v) is 21.6. The zero-order valence-electron chi connectivity index (χ0n) is 21.6. The Morgan fingerprint density at radius 3 is 1.73 bits per heavy atom. The molecule has 0 unspecified atom stereocenters. The number of amides is 2. The molecule has 0 aliphatic rings. The van der Waals surface area contributed by atoms with E-state index < -0.39 is 0 Å².